The smallest absolute Gasteiger partial charge is 0.236 e. The zero-order valence-corrected chi connectivity index (χ0v) is 16.7. The van der Waals surface area contributed by atoms with Crippen molar-refractivity contribution in [1.29, 1.82) is 0 Å². The van der Waals surface area contributed by atoms with Crippen LogP contribution in [0.25, 0.3) is 0 Å². The zero-order valence-electron chi connectivity index (χ0n) is 16.7. The van der Waals surface area contributed by atoms with E-state index in [9.17, 15) is 9.59 Å². The first kappa shape index (κ1) is 20.2. The van der Waals surface area contributed by atoms with Crippen molar-refractivity contribution in [2.24, 2.45) is 11.8 Å². The minimum atomic E-state index is 0.195. The summed E-state index contributed by atoms with van der Waals surface area (Å²) in [5, 5.41) is 0. The first-order valence-electron chi connectivity index (χ1n) is 10.1. The van der Waals surface area contributed by atoms with Crippen molar-refractivity contribution in [2.75, 3.05) is 39.8 Å². The highest BCUT2D eigenvalue weighted by atomic mass is 16.2. The number of amides is 2. The number of nitrogens with zero attached hydrogens (tertiary/aromatic N) is 3. The van der Waals surface area contributed by atoms with Crippen molar-refractivity contribution in [3.63, 3.8) is 0 Å². The Balaban J connectivity index is 1.74. The number of carbonyl (C=O) groups is 2. The summed E-state index contributed by atoms with van der Waals surface area (Å²) in [7, 11) is 1.91. The number of hydrogen-bond donors (Lipinski definition) is 0. The lowest BCUT2D eigenvalue weighted by atomic mass is 9.88. The van der Waals surface area contributed by atoms with Crippen molar-refractivity contribution in [3.8, 4) is 0 Å². The Bertz CT molecular complexity index is 438. The van der Waals surface area contributed by atoms with Crippen LogP contribution in [0.3, 0.4) is 0 Å². The molecule has 1 atom stereocenters. The molecule has 1 saturated heterocycles. The van der Waals surface area contributed by atoms with E-state index in [0.29, 0.717) is 18.4 Å². The molecule has 25 heavy (non-hydrogen) atoms. The van der Waals surface area contributed by atoms with Gasteiger partial charge in [0.1, 0.15) is 0 Å². The van der Waals surface area contributed by atoms with E-state index >= 15 is 0 Å². The van der Waals surface area contributed by atoms with Crippen LogP contribution in [-0.2, 0) is 9.59 Å². The Morgan fingerprint density at radius 3 is 2.16 bits per heavy atom. The summed E-state index contributed by atoms with van der Waals surface area (Å²) in [6, 6.07) is 0.279. The van der Waals surface area contributed by atoms with Crippen LogP contribution in [0.5, 0.6) is 0 Å². The summed E-state index contributed by atoms with van der Waals surface area (Å²) in [6.45, 7) is 10.2. The highest BCUT2D eigenvalue weighted by Crippen LogP contribution is 2.25. The lowest BCUT2D eigenvalue weighted by Gasteiger charge is -2.37. The first-order chi connectivity index (χ1) is 11.9. The van der Waals surface area contributed by atoms with Gasteiger partial charge in [-0.1, -0.05) is 33.1 Å². The van der Waals surface area contributed by atoms with Crippen molar-refractivity contribution in [1.82, 2.24) is 14.7 Å². The normalized spacial score (nSPS) is 21.4. The van der Waals surface area contributed by atoms with Gasteiger partial charge >= 0.3 is 0 Å². The molecule has 1 saturated carbocycles. The van der Waals surface area contributed by atoms with Gasteiger partial charge in [-0.2, -0.15) is 0 Å². The van der Waals surface area contributed by atoms with E-state index in [-0.39, 0.29) is 17.9 Å². The Morgan fingerprint density at radius 1 is 1.00 bits per heavy atom. The Hall–Kier alpha value is -1.10. The second-order valence-corrected chi connectivity index (χ2v) is 8.42. The molecule has 0 aromatic carbocycles. The molecule has 0 radical (unpaired) electrons. The van der Waals surface area contributed by atoms with Gasteiger partial charge < -0.3 is 9.80 Å². The number of carbonyl (C=O) groups excluding carboxylic acids is 2. The lowest BCUT2D eigenvalue weighted by molar-refractivity contribution is -0.139. The van der Waals surface area contributed by atoms with Gasteiger partial charge in [0.05, 0.1) is 6.54 Å². The topological polar surface area (TPSA) is 43.9 Å². The second kappa shape index (κ2) is 9.56. The molecule has 1 aliphatic heterocycles. The number of rotatable bonds is 6. The van der Waals surface area contributed by atoms with Crippen LogP contribution in [0.2, 0.25) is 0 Å². The van der Waals surface area contributed by atoms with Gasteiger partial charge in [0.25, 0.3) is 0 Å². The molecule has 0 bridgehead atoms. The van der Waals surface area contributed by atoms with E-state index in [0.717, 1.165) is 45.4 Å². The first-order valence-corrected chi connectivity index (χ1v) is 10.1. The molecule has 144 valence electrons. The quantitative estimate of drug-likeness (QED) is 0.739. The maximum absolute atomic E-state index is 12.6. The molecule has 0 aromatic rings. The molecule has 5 nitrogen and oxygen atoms in total. The van der Waals surface area contributed by atoms with Gasteiger partial charge in [0.2, 0.25) is 11.8 Å². The largest absolute Gasteiger partial charge is 0.342 e. The van der Waals surface area contributed by atoms with Crippen LogP contribution in [-0.4, -0.2) is 72.3 Å². The molecule has 1 heterocycles. The summed E-state index contributed by atoms with van der Waals surface area (Å²) < 4.78 is 0. The van der Waals surface area contributed by atoms with E-state index in [1.807, 2.05) is 16.8 Å². The molecule has 0 aromatic heterocycles. The fourth-order valence-corrected chi connectivity index (χ4v) is 4.12. The standard InChI is InChI=1S/C20H37N3O2/c1-16(2)14-17(3)21(4)19(24)15-22-10-12-23(13-11-22)20(25)18-8-6-5-7-9-18/h16-18H,5-15H2,1-4H3. The van der Waals surface area contributed by atoms with E-state index in [4.69, 9.17) is 0 Å². The summed E-state index contributed by atoms with van der Waals surface area (Å²) in [5.41, 5.74) is 0. The fraction of sp³-hybridized carbons (Fsp3) is 0.900. The van der Waals surface area contributed by atoms with Crippen molar-refractivity contribution in [2.45, 2.75) is 65.3 Å². The molecule has 2 rings (SSSR count). The van der Waals surface area contributed by atoms with Crippen LogP contribution < -0.4 is 0 Å². The predicted molar refractivity (Wildman–Crippen MR) is 101 cm³/mol. The van der Waals surface area contributed by atoms with Crippen LogP contribution in [0.1, 0.15) is 59.3 Å². The molecule has 0 spiro atoms. The summed E-state index contributed by atoms with van der Waals surface area (Å²) in [4.78, 5) is 31.2. The Kier molecular flexibility index (Phi) is 7.73. The van der Waals surface area contributed by atoms with E-state index in [2.05, 4.69) is 25.7 Å². The monoisotopic (exact) mass is 351 g/mol. The second-order valence-electron chi connectivity index (χ2n) is 8.42. The van der Waals surface area contributed by atoms with Crippen molar-refractivity contribution < 1.29 is 9.59 Å². The van der Waals surface area contributed by atoms with Gasteiger partial charge in [-0.25, -0.2) is 0 Å². The highest BCUT2D eigenvalue weighted by molar-refractivity contribution is 5.79. The molecule has 0 N–H and O–H groups in total. The SMILES string of the molecule is CC(C)CC(C)N(C)C(=O)CN1CCN(C(=O)C2CCCCC2)CC1. The maximum Gasteiger partial charge on any atom is 0.236 e. The van der Waals surface area contributed by atoms with E-state index in [1.165, 1.54) is 19.3 Å². The molecule has 2 aliphatic rings. The predicted octanol–water partition coefficient (Wildman–Crippen LogP) is 2.60. The highest BCUT2D eigenvalue weighted by Gasteiger charge is 2.29. The Morgan fingerprint density at radius 2 is 1.60 bits per heavy atom. The summed E-state index contributed by atoms with van der Waals surface area (Å²) in [5.74, 6) is 1.40. The molecule has 1 unspecified atom stereocenters. The van der Waals surface area contributed by atoms with Crippen LogP contribution in [0.15, 0.2) is 0 Å². The van der Waals surface area contributed by atoms with Crippen LogP contribution in [0, 0.1) is 11.8 Å². The molecule has 2 fully saturated rings. The van der Waals surface area contributed by atoms with E-state index in [1.54, 1.807) is 0 Å². The molecule has 5 heteroatoms. The van der Waals surface area contributed by atoms with Gasteiger partial charge in [0.15, 0.2) is 0 Å². The minimum absolute atomic E-state index is 0.195. The van der Waals surface area contributed by atoms with Crippen LogP contribution in [0.4, 0.5) is 0 Å². The fourth-order valence-electron chi connectivity index (χ4n) is 4.12. The minimum Gasteiger partial charge on any atom is -0.342 e. The number of hydrogen-bond acceptors (Lipinski definition) is 3. The third kappa shape index (κ3) is 5.98. The number of likely N-dealkylation sites (N-methyl/N-ethyl adjacent to an activating group) is 1. The summed E-state index contributed by atoms with van der Waals surface area (Å²) >= 11 is 0. The third-order valence-corrected chi connectivity index (χ3v) is 5.86. The molecular formula is C20H37N3O2. The van der Waals surface area contributed by atoms with Gasteiger partial charge in [-0.3, -0.25) is 14.5 Å². The average molecular weight is 352 g/mol. The molecule has 2 amide bonds. The van der Waals surface area contributed by atoms with Crippen molar-refractivity contribution in [3.05, 3.63) is 0 Å². The third-order valence-electron chi connectivity index (χ3n) is 5.86. The van der Waals surface area contributed by atoms with Crippen LogP contribution >= 0.6 is 0 Å². The average Bonchev–Trinajstić information content (AvgIpc) is 2.61. The van der Waals surface area contributed by atoms with Gasteiger partial charge in [-0.05, 0) is 32.1 Å². The number of piperazine rings is 1. The Labute approximate surface area is 153 Å². The summed E-state index contributed by atoms with van der Waals surface area (Å²) in [6.07, 6.45) is 6.85. The lowest BCUT2D eigenvalue weighted by Crippen LogP contribution is -2.53. The van der Waals surface area contributed by atoms with E-state index < -0.39 is 0 Å². The van der Waals surface area contributed by atoms with Gasteiger partial charge in [-0.15, -0.1) is 0 Å². The zero-order chi connectivity index (χ0) is 18.4. The molecule has 1 aliphatic carbocycles. The maximum atomic E-state index is 12.6. The molecular weight excluding hydrogens is 314 g/mol. The van der Waals surface area contributed by atoms with Gasteiger partial charge in [0, 0.05) is 45.2 Å². The van der Waals surface area contributed by atoms with Crippen molar-refractivity contribution >= 4 is 11.8 Å².